The molecule has 102 valence electrons. The molecule has 0 radical (unpaired) electrons. The Morgan fingerprint density at radius 1 is 1.32 bits per heavy atom. The number of piperazine rings is 1. The molecule has 0 spiro atoms. The van der Waals surface area contributed by atoms with Crippen LogP contribution in [0.1, 0.15) is 23.8 Å². The summed E-state index contributed by atoms with van der Waals surface area (Å²) < 4.78 is 0. The Bertz CT molecular complexity index is 435. The van der Waals surface area contributed by atoms with Crippen molar-refractivity contribution in [3.63, 3.8) is 0 Å². The second-order valence-corrected chi connectivity index (χ2v) is 4.72. The van der Waals surface area contributed by atoms with E-state index >= 15 is 0 Å². The van der Waals surface area contributed by atoms with Crippen molar-refractivity contribution in [2.24, 2.45) is 0 Å². The van der Waals surface area contributed by atoms with Gasteiger partial charge in [0, 0.05) is 38.6 Å². The summed E-state index contributed by atoms with van der Waals surface area (Å²) in [5.74, 6) is 0.799. The maximum absolute atomic E-state index is 10.6. The molecule has 0 amide bonds. The van der Waals surface area contributed by atoms with Gasteiger partial charge in [-0.05, 0) is 6.92 Å². The highest BCUT2D eigenvalue weighted by molar-refractivity contribution is 5.71. The summed E-state index contributed by atoms with van der Waals surface area (Å²) in [6, 6.07) is 0.316. The van der Waals surface area contributed by atoms with Crippen LogP contribution in [0.5, 0.6) is 0 Å². The van der Waals surface area contributed by atoms with E-state index in [0.717, 1.165) is 38.3 Å². The minimum Gasteiger partial charge on any atom is -0.350 e. The largest absolute Gasteiger partial charge is 0.350 e. The first kappa shape index (κ1) is 13.6. The lowest BCUT2D eigenvalue weighted by Gasteiger charge is -2.40. The fourth-order valence-electron chi connectivity index (χ4n) is 2.35. The average Bonchev–Trinajstić information content (AvgIpc) is 2.45. The van der Waals surface area contributed by atoms with E-state index < -0.39 is 0 Å². The molecular formula is C13H18N4O2. The predicted molar refractivity (Wildman–Crippen MR) is 71.3 cm³/mol. The van der Waals surface area contributed by atoms with E-state index in [1.807, 2.05) is 0 Å². The van der Waals surface area contributed by atoms with Gasteiger partial charge in [0.05, 0.1) is 12.4 Å². The fourth-order valence-corrected chi connectivity index (χ4v) is 2.35. The van der Waals surface area contributed by atoms with Gasteiger partial charge in [0.1, 0.15) is 17.8 Å². The zero-order valence-corrected chi connectivity index (χ0v) is 11.0. The number of anilines is 1. The van der Waals surface area contributed by atoms with Crippen LogP contribution in [0, 0.1) is 0 Å². The molecule has 1 fully saturated rings. The first-order chi connectivity index (χ1) is 9.24. The maximum atomic E-state index is 10.6. The van der Waals surface area contributed by atoms with E-state index in [2.05, 4.69) is 26.7 Å². The number of aldehydes is 2. The number of carbonyl (C=O) groups excluding carboxylic acids is 2. The van der Waals surface area contributed by atoms with Crippen LogP contribution in [-0.4, -0.2) is 59.7 Å². The molecule has 1 unspecified atom stereocenters. The summed E-state index contributed by atoms with van der Waals surface area (Å²) in [5.41, 5.74) is 0.348. The number of aromatic nitrogens is 2. The number of hydrogen-bond acceptors (Lipinski definition) is 6. The van der Waals surface area contributed by atoms with Crippen molar-refractivity contribution in [3.8, 4) is 0 Å². The molecule has 6 nitrogen and oxygen atoms in total. The van der Waals surface area contributed by atoms with Crippen molar-refractivity contribution in [2.75, 3.05) is 31.1 Å². The molecule has 6 heteroatoms. The lowest BCUT2D eigenvalue weighted by atomic mass is 10.2. The Kier molecular flexibility index (Phi) is 4.57. The molecule has 2 heterocycles. The molecule has 1 aromatic rings. The monoisotopic (exact) mass is 262 g/mol. The molecule has 1 aliphatic rings. The van der Waals surface area contributed by atoms with Crippen molar-refractivity contribution in [1.29, 1.82) is 0 Å². The van der Waals surface area contributed by atoms with Gasteiger partial charge in [-0.3, -0.25) is 9.69 Å². The quantitative estimate of drug-likeness (QED) is 0.715. The molecule has 19 heavy (non-hydrogen) atoms. The standard InChI is InChI=1S/C13H18N4O2/c1-11-9-16(3-2-6-18)4-5-17(11)13-8-14-12(10-19)7-15-13/h6-8,10-11H,2-5,9H2,1H3. The average molecular weight is 262 g/mol. The van der Waals surface area contributed by atoms with E-state index in [4.69, 9.17) is 0 Å². The molecule has 1 aliphatic heterocycles. The lowest BCUT2D eigenvalue weighted by Crippen LogP contribution is -2.52. The summed E-state index contributed by atoms with van der Waals surface area (Å²) in [7, 11) is 0. The molecule has 0 saturated carbocycles. The molecule has 2 rings (SSSR count). The van der Waals surface area contributed by atoms with Crippen LogP contribution in [0.25, 0.3) is 0 Å². The van der Waals surface area contributed by atoms with Crippen molar-refractivity contribution in [1.82, 2.24) is 14.9 Å². The van der Waals surface area contributed by atoms with Gasteiger partial charge in [-0.25, -0.2) is 9.97 Å². The van der Waals surface area contributed by atoms with Gasteiger partial charge in [-0.15, -0.1) is 0 Å². The first-order valence-corrected chi connectivity index (χ1v) is 6.44. The number of hydrogen-bond donors (Lipinski definition) is 0. The van der Waals surface area contributed by atoms with E-state index in [1.165, 1.54) is 6.20 Å². The SMILES string of the molecule is CC1CN(CCC=O)CCN1c1cnc(C=O)cn1. The van der Waals surface area contributed by atoms with Gasteiger partial charge in [0.2, 0.25) is 0 Å². The minimum absolute atomic E-state index is 0.316. The number of nitrogens with zero attached hydrogens (tertiary/aromatic N) is 4. The number of carbonyl (C=O) groups is 2. The summed E-state index contributed by atoms with van der Waals surface area (Å²) >= 11 is 0. The summed E-state index contributed by atoms with van der Waals surface area (Å²) in [4.78, 5) is 33.7. The van der Waals surface area contributed by atoms with Crippen LogP contribution in [0.2, 0.25) is 0 Å². The van der Waals surface area contributed by atoms with E-state index in [0.29, 0.717) is 24.4 Å². The van der Waals surface area contributed by atoms with Gasteiger partial charge in [-0.1, -0.05) is 0 Å². The Hall–Kier alpha value is -1.82. The highest BCUT2D eigenvalue weighted by Gasteiger charge is 2.24. The van der Waals surface area contributed by atoms with Gasteiger partial charge in [-0.2, -0.15) is 0 Å². The van der Waals surface area contributed by atoms with Gasteiger partial charge < -0.3 is 9.69 Å². The van der Waals surface area contributed by atoms with Gasteiger partial charge >= 0.3 is 0 Å². The third kappa shape index (κ3) is 3.35. The van der Waals surface area contributed by atoms with Crippen molar-refractivity contribution >= 4 is 18.4 Å². The van der Waals surface area contributed by atoms with E-state index in [9.17, 15) is 9.59 Å². The zero-order chi connectivity index (χ0) is 13.7. The number of rotatable bonds is 5. The highest BCUT2D eigenvalue weighted by atomic mass is 16.1. The second-order valence-electron chi connectivity index (χ2n) is 4.72. The van der Waals surface area contributed by atoms with Crippen LogP contribution >= 0.6 is 0 Å². The van der Waals surface area contributed by atoms with Crippen molar-refractivity contribution in [2.45, 2.75) is 19.4 Å². The Morgan fingerprint density at radius 3 is 2.74 bits per heavy atom. The van der Waals surface area contributed by atoms with Gasteiger partial charge in [0.15, 0.2) is 6.29 Å². The molecule has 1 atom stereocenters. The highest BCUT2D eigenvalue weighted by Crippen LogP contribution is 2.17. The molecule has 1 saturated heterocycles. The van der Waals surface area contributed by atoms with Crippen LogP contribution < -0.4 is 4.90 Å². The van der Waals surface area contributed by atoms with Crippen LogP contribution in [-0.2, 0) is 4.79 Å². The summed E-state index contributed by atoms with van der Waals surface area (Å²) in [6.45, 7) is 5.62. The molecule has 0 N–H and O–H groups in total. The molecule has 0 aliphatic carbocycles. The van der Waals surface area contributed by atoms with E-state index in [1.54, 1.807) is 6.20 Å². The van der Waals surface area contributed by atoms with Crippen LogP contribution in [0.4, 0.5) is 5.82 Å². The molecule has 1 aromatic heterocycles. The third-order valence-corrected chi connectivity index (χ3v) is 3.35. The first-order valence-electron chi connectivity index (χ1n) is 6.44. The lowest BCUT2D eigenvalue weighted by molar-refractivity contribution is -0.108. The van der Waals surface area contributed by atoms with Crippen molar-refractivity contribution < 1.29 is 9.59 Å². The zero-order valence-electron chi connectivity index (χ0n) is 11.0. The normalized spacial score (nSPS) is 20.3. The molecule has 0 bridgehead atoms. The topological polar surface area (TPSA) is 66.4 Å². The van der Waals surface area contributed by atoms with Gasteiger partial charge in [0.25, 0.3) is 0 Å². The smallest absolute Gasteiger partial charge is 0.170 e. The summed E-state index contributed by atoms with van der Waals surface area (Å²) in [5, 5.41) is 0. The Balaban J connectivity index is 1.98. The van der Waals surface area contributed by atoms with Crippen LogP contribution in [0.3, 0.4) is 0 Å². The predicted octanol–water partition coefficient (Wildman–Crippen LogP) is 0.389. The summed E-state index contributed by atoms with van der Waals surface area (Å²) in [6.07, 6.45) is 5.37. The molecular weight excluding hydrogens is 244 g/mol. The third-order valence-electron chi connectivity index (χ3n) is 3.35. The maximum Gasteiger partial charge on any atom is 0.170 e. The van der Waals surface area contributed by atoms with Crippen LogP contribution in [0.15, 0.2) is 12.4 Å². The van der Waals surface area contributed by atoms with E-state index in [-0.39, 0.29) is 0 Å². The van der Waals surface area contributed by atoms with Crippen molar-refractivity contribution in [3.05, 3.63) is 18.1 Å². The molecule has 0 aromatic carbocycles. The second kappa shape index (κ2) is 6.38. The Labute approximate surface area is 112 Å². The minimum atomic E-state index is 0.316. The Morgan fingerprint density at radius 2 is 2.16 bits per heavy atom. The fraction of sp³-hybridized carbons (Fsp3) is 0.538.